The lowest BCUT2D eigenvalue weighted by atomic mass is 10.2. The van der Waals surface area contributed by atoms with Gasteiger partial charge in [-0.3, -0.25) is 14.5 Å². The molecule has 0 amide bonds. The Morgan fingerprint density at radius 2 is 1.82 bits per heavy atom. The first-order valence-corrected chi connectivity index (χ1v) is 5.36. The van der Waals surface area contributed by atoms with Crippen LogP contribution >= 0.6 is 0 Å². The van der Waals surface area contributed by atoms with Crippen molar-refractivity contribution >= 4 is 16.1 Å². The Morgan fingerprint density at radius 1 is 1.24 bits per heavy atom. The molecule has 0 spiro atoms. The highest BCUT2D eigenvalue weighted by atomic mass is 32.3. The molecule has 0 radical (unpaired) electrons. The van der Waals surface area contributed by atoms with Gasteiger partial charge < -0.3 is 0 Å². The quantitative estimate of drug-likeness (QED) is 0.256. The standard InChI is InChI=1S/C8H6N4.H2O4S/c9-5-7-2-1-3-8(4-7)12-11-6-10;1-5(2,3)4/h1-4,11-12H;(H2,1,2,3,4). The third-order valence-corrected chi connectivity index (χ3v) is 1.25. The highest BCUT2D eigenvalue weighted by Gasteiger charge is 1.91. The van der Waals surface area contributed by atoms with E-state index in [4.69, 9.17) is 28.0 Å². The summed E-state index contributed by atoms with van der Waals surface area (Å²) in [5.74, 6) is 0. The number of hydrogen-bond acceptors (Lipinski definition) is 6. The summed E-state index contributed by atoms with van der Waals surface area (Å²) in [4.78, 5) is 0. The summed E-state index contributed by atoms with van der Waals surface area (Å²) in [6.07, 6.45) is 1.71. The molecule has 1 rings (SSSR count). The van der Waals surface area contributed by atoms with Gasteiger partial charge in [0.2, 0.25) is 0 Å². The Kier molecular flexibility index (Phi) is 6.06. The monoisotopic (exact) mass is 256 g/mol. The zero-order valence-electron chi connectivity index (χ0n) is 8.32. The number of hydrazine groups is 1. The van der Waals surface area contributed by atoms with Crippen LogP contribution in [0, 0.1) is 22.8 Å². The van der Waals surface area contributed by atoms with Crippen molar-refractivity contribution in [2.45, 2.75) is 0 Å². The molecule has 1 aromatic rings. The number of nitrogens with one attached hydrogen (secondary N) is 2. The van der Waals surface area contributed by atoms with Crippen molar-refractivity contribution < 1.29 is 17.5 Å². The Bertz CT molecular complexity index is 535. The normalized spacial score (nSPS) is 8.94. The highest BCUT2D eigenvalue weighted by Crippen LogP contribution is 2.07. The second-order valence-corrected chi connectivity index (χ2v) is 3.40. The summed E-state index contributed by atoms with van der Waals surface area (Å²) >= 11 is 0. The number of nitriles is 2. The average molecular weight is 256 g/mol. The van der Waals surface area contributed by atoms with Crippen molar-refractivity contribution in [1.82, 2.24) is 5.43 Å². The Hall–Kier alpha value is -2.33. The maximum Gasteiger partial charge on any atom is 0.394 e. The van der Waals surface area contributed by atoms with Crippen LogP contribution in [0.1, 0.15) is 5.56 Å². The number of benzene rings is 1. The lowest BCUT2D eigenvalue weighted by Gasteiger charge is -2.01. The highest BCUT2D eigenvalue weighted by molar-refractivity contribution is 7.79. The minimum atomic E-state index is -4.67. The predicted molar refractivity (Wildman–Crippen MR) is 57.7 cm³/mol. The Labute approximate surface area is 97.7 Å². The molecule has 0 heterocycles. The van der Waals surface area contributed by atoms with Crippen molar-refractivity contribution in [2.75, 3.05) is 5.43 Å². The third kappa shape index (κ3) is 9.96. The maximum absolute atomic E-state index is 8.74. The molecule has 0 saturated carbocycles. The third-order valence-electron chi connectivity index (χ3n) is 1.25. The van der Waals surface area contributed by atoms with E-state index < -0.39 is 10.4 Å². The Morgan fingerprint density at radius 3 is 2.29 bits per heavy atom. The molecule has 0 aromatic heterocycles. The summed E-state index contributed by atoms with van der Waals surface area (Å²) in [7, 11) is -4.67. The summed E-state index contributed by atoms with van der Waals surface area (Å²) in [6.45, 7) is 0. The van der Waals surface area contributed by atoms with E-state index in [2.05, 4.69) is 10.9 Å². The SMILES string of the molecule is N#CNNc1cccc(C#N)c1.O=S(=O)(O)O. The molecule has 0 aliphatic heterocycles. The minimum absolute atomic E-state index is 0.555. The van der Waals surface area contributed by atoms with Crippen LogP contribution in [0.15, 0.2) is 24.3 Å². The van der Waals surface area contributed by atoms with Crippen molar-refractivity contribution in [3.63, 3.8) is 0 Å². The van der Waals surface area contributed by atoms with Gasteiger partial charge >= 0.3 is 10.4 Å². The molecule has 0 aliphatic carbocycles. The van der Waals surface area contributed by atoms with Gasteiger partial charge in [0.05, 0.1) is 17.3 Å². The molecule has 9 heteroatoms. The molecular formula is C8H8N4O4S. The van der Waals surface area contributed by atoms with Gasteiger partial charge in [0.15, 0.2) is 6.19 Å². The molecule has 0 bridgehead atoms. The van der Waals surface area contributed by atoms with Gasteiger partial charge in [-0.05, 0) is 18.2 Å². The molecule has 0 aliphatic rings. The summed E-state index contributed by atoms with van der Waals surface area (Å²) in [5.41, 5.74) is 6.11. The number of anilines is 1. The van der Waals surface area contributed by atoms with Crippen molar-refractivity contribution in [3.05, 3.63) is 29.8 Å². The first-order chi connectivity index (χ1) is 7.86. The zero-order chi connectivity index (χ0) is 13.3. The number of rotatable bonds is 2. The molecule has 4 N–H and O–H groups in total. The van der Waals surface area contributed by atoms with Gasteiger partial charge in [0.25, 0.3) is 0 Å². The van der Waals surface area contributed by atoms with E-state index in [9.17, 15) is 0 Å². The van der Waals surface area contributed by atoms with Crippen molar-refractivity contribution in [3.8, 4) is 12.3 Å². The molecular weight excluding hydrogens is 248 g/mol. The molecule has 0 unspecified atom stereocenters. The van der Waals surface area contributed by atoms with E-state index in [-0.39, 0.29) is 0 Å². The predicted octanol–water partition coefficient (Wildman–Crippen LogP) is 0.303. The Balaban J connectivity index is 0.000000437. The minimum Gasteiger partial charge on any atom is -0.292 e. The zero-order valence-corrected chi connectivity index (χ0v) is 9.14. The lowest BCUT2D eigenvalue weighted by molar-refractivity contribution is 0.381. The molecule has 17 heavy (non-hydrogen) atoms. The van der Waals surface area contributed by atoms with Crippen molar-refractivity contribution in [1.29, 1.82) is 10.5 Å². The lowest BCUT2D eigenvalue weighted by Crippen LogP contribution is -2.14. The molecule has 8 nitrogen and oxygen atoms in total. The molecule has 0 saturated heterocycles. The number of nitrogens with zero attached hydrogens (tertiary/aromatic N) is 2. The first-order valence-electron chi connectivity index (χ1n) is 3.97. The van der Waals surface area contributed by atoms with Gasteiger partial charge in [-0.15, -0.1) is 0 Å². The smallest absolute Gasteiger partial charge is 0.292 e. The van der Waals surface area contributed by atoms with Crippen LogP contribution in [-0.4, -0.2) is 17.5 Å². The van der Waals surface area contributed by atoms with Crippen LogP contribution in [0.2, 0.25) is 0 Å². The van der Waals surface area contributed by atoms with Crippen LogP contribution in [0.3, 0.4) is 0 Å². The summed E-state index contributed by atoms with van der Waals surface area (Å²) in [6, 6.07) is 8.82. The second-order valence-electron chi connectivity index (χ2n) is 2.50. The second kappa shape index (κ2) is 7.03. The molecule has 0 atom stereocenters. The van der Waals surface area contributed by atoms with Crippen LogP contribution < -0.4 is 10.9 Å². The fourth-order valence-electron chi connectivity index (χ4n) is 0.767. The molecule has 0 fully saturated rings. The van der Waals surface area contributed by atoms with Gasteiger partial charge in [0.1, 0.15) is 0 Å². The van der Waals surface area contributed by atoms with E-state index in [0.29, 0.717) is 11.3 Å². The molecule has 1 aromatic carbocycles. The van der Waals surface area contributed by atoms with Gasteiger partial charge in [-0.25, -0.2) is 5.43 Å². The van der Waals surface area contributed by atoms with E-state index in [0.717, 1.165) is 0 Å². The van der Waals surface area contributed by atoms with E-state index in [1.165, 1.54) is 0 Å². The van der Waals surface area contributed by atoms with Crippen molar-refractivity contribution in [2.24, 2.45) is 0 Å². The fourth-order valence-corrected chi connectivity index (χ4v) is 0.767. The average Bonchev–Trinajstić information content (AvgIpc) is 2.24. The van der Waals surface area contributed by atoms with Crippen LogP contribution in [0.25, 0.3) is 0 Å². The van der Waals surface area contributed by atoms with E-state index >= 15 is 0 Å². The van der Waals surface area contributed by atoms with E-state index in [1.807, 2.05) is 6.07 Å². The van der Waals surface area contributed by atoms with Gasteiger partial charge in [0, 0.05) is 0 Å². The maximum atomic E-state index is 8.74. The largest absolute Gasteiger partial charge is 0.394 e. The van der Waals surface area contributed by atoms with Crippen LogP contribution in [-0.2, 0) is 10.4 Å². The summed E-state index contributed by atoms with van der Waals surface area (Å²) in [5, 5.41) is 16.7. The van der Waals surface area contributed by atoms with Gasteiger partial charge in [-0.1, -0.05) is 6.07 Å². The molecule has 90 valence electrons. The summed E-state index contributed by atoms with van der Waals surface area (Å²) < 4.78 is 31.6. The first kappa shape index (κ1) is 14.7. The number of hydrogen-bond donors (Lipinski definition) is 4. The van der Waals surface area contributed by atoms with E-state index in [1.54, 1.807) is 30.5 Å². The topological polar surface area (TPSA) is 146 Å². The van der Waals surface area contributed by atoms with Crippen LogP contribution in [0.4, 0.5) is 5.69 Å². The van der Waals surface area contributed by atoms with Crippen LogP contribution in [0.5, 0.6) is 0 Å². The fraction of sp³-hybridized carbons (Fsp3) is 0. The van der Waals surface area contributed by atoms with Gasteiger partial charge in [-0.2, -0.15) is 18.9 Å².